The molecule has 0 bridgehead atoms. The first-order valence-corrected chi connectivity index (χ1v) is 14.2. The molecule has 1 aliphatic heterocycles. The van der Waals surface area contributed by atoms with Gasteiger partial charge in [-0.3, -0.25) is 24.6 Å². The Morgan fingerprint density at radius 2 is 1.88 bits per heavy atom. The lowest BCUT2D eigenvalue weighted by Gasteiger charge is -2.21. The number of ketones is 1. The summed E-state index contributed by atoms with van der Waals surface area (Å²) in [6.45, 7) is 2.22. The van der Waals surface area contributed by atoms with Gasteiger partial charge in [0, 0.05) is 22.6 Å². The molecule has 3 aromatic carbocycles. The highest BCUT2D eigenvalue weighted by molar-refractivity contribution is 7.22. The number of Topliss-reactive ketones (excluding diaryl/α,β-unsaturated/α-hetero) is 1. The molecule has 2 aromatic heterocycles. The van der Waals surface area contributed by atoms with Crippen LogP contribution >= 0.6 is 22.7 Å². The summed E-state index contributed by atoms with van der Waals surface area (Å²) in [6, 6.07) is 21.7. The van der Waals surface area contributed by atoms with Crippen LogP contribution in [-0.4, -0.2) is 26.7 Å². The minimum absolute atomic E-state index is 0.0555. The first kappa shape index (κ1) is 26.4. The molecule has 11 heteroatoms. The van der Waals surface area contributed by atoms with Gasteiger partial charge < -0.3 is 9.84 Å². The van der Waals surface area contributed by atoms with Crippen LogP contribution in [0.2, 0.25) is 0 Å². The molecule has 0 spiro atoms. The van der Waals surface area contributed by atoms with Crippen LogP contribution in [0.25, 0.3) is 16.0 Å². The summed E-state index contributed by atoms with van der Waals surface area (Å²) < 4.78 is 6.46. The monoisotopic (exact) mass is 583 g/mol. The molecule has 1 fully saturated rings. The number of hydrogen-bond acceptors (Lipinski definition) is 9. The first-order valence-electron chi connectivity index (χ1n) is 12.5. The third kappa shape index (κ3) is 4.85. The van der Waals surface area contributed by atoms with E-state index in [1.165, 1.54) is 34.4 Å². The number of carbonyl (C=O) groups excluding carboxylic acids is 2. The van der Waals surface area contributed by atoms with E-state index in [1.54, 1.807) is 30.3 Å². The number of non-ortho nitro benzene ring substituents is 1. The predicted octanol–water partition coefficient (Wildman–Crippen LogP) is 6.78. The van der Waals surface area contributed by atoms with Gasteiger partial charge in [-0.05, 0) is 53.8 Å². The van der Waals surface area contributed by atoms with Gasteiger partial charge in [0.1, 0.15) is 24.2 Å². The van der Waals surface area contributed by atoms with Crippen molar-refractivity contribution in [2.45, 2.75) is 19.6 Å². The van der Waals surface area contributed by atoms with Crippen molar-refractivity contribution >= 4 is 61.2 Å². The number of anilines is 1. The highest BCUT2D eigenvalue weighted by Crippen LogP contribution is 2.46. The van der Waals surface area contributed by atoms with Crippen molar-refractivity contribution in [2.24, 2.45) is 0 Å². The second kappa shape index (κ2) is 10.6. The van der Waals surface area contributed by atoms with E-state index >= 15 is 0 Å². The van der Waals surface area contributed by atoms with Crippen molar-refractivity contribution in [3.8, 4) is 5.75 Å². The Kier molecular flexibility index (Phi) is 6.82. The Morgan fingerprint density at radius 1 is 1.07 bits per heavy atom. The molecule has 0 saturated carbocycles. The number of ether oxygens (including phenoxy) is 1. The van der Waals surface area contributed by atoms with Gasteiger partial charge >= 0.3 is 5.91 Å². The molecule has 1 amide bonds. The molecule has 3 heterocycles. The van der Waals surface area contributed by atoms with Crippen LogP contribution in [0, 0.1) is 17.0 Å². The molecule has 5 aromatic rings. The fourth-order valence-electron chi connectivity index (χ4n) is 4.71. The zero-order valence-corrected chi connectivity index (χ0v) is 23.1. The normalized spacial score (nSPS) is 16.4. The summed E-state index contributed by atoms with van der Waals surface area (Å²) in [4.78, 5) is 44.0. The van der Waals surface area contributed by atoms with Crippen molar-refractivity contribution in [3.63, 3.8) is 0 Å². The number of rotatable bonds is 7. The lowest BCUT2D eigenvalue weighted by atomic mass is 9.99. The average Bonchev–Trinajstić information content (AvgIpc) is 3.70. The van der Waals surface area contributed by atoms with Crippen molar-refractivity contribution in [1.29, 1.82) is 0 Å². The second-order valence-corrected chi connectivity index (χ2v) is 11.3. The fraction of sp³-hybridized carbons (Fsp3) is 0.100. The molecule has 1 atom stereocenters. The molecule has 9 nitrogen and oxygen atoms in total. The maximum Gasteiger partial charge on any atom is 0.301 e. The summed E-state index contributed by atoms with van der Waals surface area (Å²) in [5, 5.41) is 24.7. The topological polar surface area (TPSA) is 123 Å². The molecule has 1 N–H and O–H groups in total. The largest absolute Gasteiger partial charge is 0.507 e. The predicted molar refractivity (Wildman–Crippen MR) is 157 cm³/mol. The summed E-state index contributed by atoms with van der Waals surface area (Å²) in [7, 11) is 0. The number of benzene rings is 3. The van der Waals surface area contributed by atoms with Gasteiger partial charge in [0.25, 0.3) is 11.5 Å². The van der Waals surface area contributed by atoms with E-state index < -0.39 is 22.7 Å². The van der Waals surface area contributed by atoms with Crippen LogP contribution in [-0.2, 0) is 16.2 Å². The molecule has 0 aliphatic carbocycles. The van der Waals surface area contributed by atoms with E-state index in [9.17, 15) is 24.8 Å². The quantitative estimate of drug-likeness (QED) is 0.0737. The lowest BCUT2D eigenvalue weighted by Crippen LogP contribution is -2.28. The Hall–Kier alpha value is -4.87. The maximum atomic E-state index is 13.4. The summed E-state index contributed by atoms with van der Waals surface area (Å²) >= 11 is 2.41. The minimum Gasteiger partial charge on any atom is -0.507 e. The van der Waals surface area contributed by atoms with Gasteiger partial charge in [0.05, 0.1) is 20.7 Å². The van der Waals surface area contributed by atoms with Crippen LogP contribution in [0.15, 0.2) is 89.8 Å². The van der Waals surface area contributed by atoms with Crippen molar-refractivity contribution < 1.29 is 24.4 Å². The third-order valence-electron chi connectivity index (χ3n) is 6.72. The van der Waals surface area contributed by atoms with Crippen LogP contribution in [0.4, 0.5) is 10.8 Å². The van der Waals surface area contributed by atoms with Crippen molar-refractivity contribution in [3.05, 3.63) is 121 Å². The molecule has 1 saturated heterocycles. The van der Waals surface area contributed by atoms with Crippen molar-refractivity contribution in [1.82, 2.24) is 4.98 Å². The number of aliphatic hydroxyl groups excluding tert-OH is 1. The Morgan fingerprint density at radius 3 is 2.59 bits per heavy atom. The summed E-state index contributed by atoms with van der Waals surface area (Å²) in [6.07, 6.45) is 0. The Labute approximate surface area is 241 Å². The molecule has 1 unspecified atom stereocenters. The van der Waals surface area contributed by atoms with Crippen LogP contribution in [0.1, 0.15) is 27.6 Å². The minimum atomic E-state index is -0.917. The molecule has 6 rings (SSSR count). The fourth-order valence-corrected chi connectivity index (χ4v) is 6.56. The van der Waals surface area contributed by atoms with Gasteiger partial charge in [-0.25, -0.2) is 4.98 Å². The smallest absolute Gasteiger partial charge is 0.301 e. The number of aromatic nitrogens is 1. The van der Waals surface area contributed by atoms with Gasteiger partial charge in [-0.15, -0.1) is 11.3 Å². The van der Waals surface area contributed by atoms with E-state index in [2.05, 4.69) is 4.98 Å². The SMILES string of the molecule is Cc1cc(/C(O)=C2\C(=O)C(=O)N(c3nc4ccc([N+](=O)[O-])cc4s3)C2c2cccs2)ccc1OCc1ccccc1. The summed E-state index contributed by atoms with van der Waals surface area (Å²) in [5.41, 5.74) is 2.44. The Bertz CT molecular complexity index is 1850. The number of nitro groups is 1. The third-order valence-corrected chi connectivity index (χ3v) is 8.66. The van der Waals surface area contributed by atoms with E-state index in [-0.39, 0.29) is 22.2 Å². The maximum absolute atomic E-state index is 13.4. The molecular formula is C30H21N3O6S2. The van der Waals surface area contributed by atoms with E-state index in [0.717, 1.165) is 22.5 Å². The van der Waals surface area contributed by atoms with Gasteiger partial charge in [0.2, 0.25) is 0 Å². The van der Waals surface area contributed by atoms with Crippen LogP contribution in [0.3, 0.4) is 0 Å². The number of fused-ring (bicyclic) bond motifs is 1. The highest BCUT2D eigenvalue weighted by Gasteiger charge is 2.48. The zero-order valence-electron chi connectivity index (χ0n) is 21.5. The first-order chi connectivity index (χ1) is 19.8. The van der Waals surface area contributed by atoms with Crippen LogP contribution in [0.5, 0.6) is 5.75 Å². The zero-order chi connectivity index (χ0) is 28.7. The number of nitro benzene ring substituents is 1. The number of thiazole rings is 1. The van der Waals surface area contributed by atoms with Crippen LogP contribution < -0.4 is 9.64 Å². The van der Waals surface area contributed by atoms with Gasteiger partial charge in [-0.2, -0.15) is 0 Å². The molecule has 0 radical (unpaired) electrons. The summed E-state index contributed by atoms with van der Waals surface area (Å²) in [5.74, 6) is -1.35. The average molecular weight is 584 g/mol. The number of thiophene rings is 1. The standard InChI is InChI=1S/C30H21N3O6S2/c1-17-14-19(9-12-22(17)39-16-18-6-3-2-4-7-18)27(34)25-26(23-8-5-13-40-23)32(29(36)28(25)35)30-31-21-11-10-20(33(37)38)15-24(21)41-30/h2-15,26,34H,16H2,1H3/b27-25+. The molecule has 204 valence electrons. The number of nitrogens with zero attached hydrogens (tertiary/aromatic N) is 3. The van der Waals surface area contributed by atoms with E-state index in [4.69, 9.17) is 4.74 Å². The number of carbonyl (C=O) groups is 2. The molecular weight excluding hydrogens is 562 g/mol. The molecule has 1 aliphatic rings. The van der Waals surface area contributed by atoms with Gasteiger partial charge in [-0.1, -0.05) is 47.7 Å². The highest BCUT2D eigenvalue weighted by atomic mass is 32.1. The second-order valence-electron chi connectivity index (χ2n) is 9.34. The number of amides is 1. The van der Waals surface area contributed by atoms with Crippen molar-refractivity contribution in [2.75, 3.05) is 4.90 Å². The van der Waals surface area contributed by atoms with E-state index in [0.29, 0.717) is 33.0 Å². The Balaban J connectivity index is 1.39. The van der Waals surface area contributed by atoms with Gasteiger partial charge in [0.15, 0.2) is 5.13 Å². The molecule has 41 heavy (non-hydrogen) atoms. The van der Waals surface area contributed by atoms with E-state index in [1.807, 2.05) is 42.6 Å². The lowest BCUT2D eigenvalue weighted by molar-refractivity contribution is -0.384. The number of aliphatic hydroxyl groups is 1. The number of hydrogen-bond donors (Lipinski definition) is 1. The number of aryl methyl sites for hydroxylation is 1.